The summed E-state index contributed by atoms with van der Waals surface area (Å²) < 4.78 is 4.81. The Morgan fingerprint density at radius 2 is 2.10 bits per heavy atom. The lowest BCUT2D eigenvalue weighted by Crippen LogP contribution is -2.30. The number of aliphatic carboxylic acids is 1. The maximum atomic E-state index is 10.2. The standard InChI is InChI=1S/C6H12O4/c1-4(2)10-5(3-7)6(8)9/h4-5,7H,3H2,1-2H3,(H,8,9). The number of carbonyl (C=O) groups is 1. The van der Waals surface area contributed by atoms with Gasteiger partial charge in [0.15, 0.2) is 6.10 Å². The van der Waals surface area contributed by atoms with E-state index in [4.69, 9.17) is 14.9 Å². The van der Waals surface area contributed by atoms with Gasteiger partial charge in [-0.25, -0.2) is 4.79 Å². The Kier molecular flexibility index (Phi) is 3.99. The van der Waals surface area contributed by atoms with Crippen molar-refractivity contribution in [1.29, 1.82) is 0 Å². The zero-order valence-corrected chi connectivity index (χ0v) is 6.07. The molecule has 0 saturated heterocycles. The fourth-order valence-electron chi connectivity index (χ4n) is 0.508. The number of aliphatic hydroxyl groups is 1. The fraction of sp³-hybridized carbons (Fsp3) is 0.833. The number of carboxylic acids is 1. The van der Waals surface area contributed by atoms with Crippen molar-refractivity contribution in [2.24, 2.45) is 0 Å². The molecule has 0 bridgehead atoms. The summed E-state index contributed by atoms with van der Waals surface area (Å²) in [6, 6.07) is 0. The molecule has 4 nitrogen and oxygen atoms in total. The second kappa shape index (κ2) is 4.24. The summed E-state index contributed by atoms with van der Waals surface area (Å²) in [4.78, 5) is 10.2. The van der Waals surface area contributed by atoms with Gasteiger partial charge in [0.25, 0.3) is 0 Å². The molecule has 0 aromatic rings. The monoisotopic (exact) mass is 148 g/mol. The molecule has 0 heterocycles. The number of ether oxygens (including phenoxy) is 1. The van der Waals surface area contributed by atoms with E-state index in [1.54, 1.807) is 13.8 Å². The SMILES string of the molecule is CC(C)OC(CO)C(=O)O. The van der Waals surface area contributed by atoms with Crippen LogP contribution in [0.25, 0.3) is 0 Å². The smallest absolute Gasteiger partial charge is 0.335 e. The first-order valence-electron chi connectivity index (χ1n) is 3.07. The first-order chi connectivity index (χ1) is 4.57. The summed E-state index contributed by atoms with van der Waals surface area (Å²) in [6.07, 6.45) is -1.26. The Hall–Kier alpha value is -0.610. The van der Waals surface area contributed by atoms with E-state index in [0.29, 0.717) is 0 Å². The number of carboxylic acid groups (broad SMARTS) is 1. The molecule has 2 N–H and O–H groups in total. The van der Waals surface area contributed by atoms with Crippen LogP contribution < -0.4 is 0 Å². The molecule has 0 spiro atoms. The first-order valence-corrected chi connectivity index (χ1v) is 3.07. The Morgan fingerprint density at radius 1 is 1.60 bits per heavy atom. The van der Waals surface area contributed by atoms with E-state index in [-0.39, 0.29) is 6.10 Å². The van der Waals surface area contributed by atoms with Crippen LogP contribution in [-0.4, -0.2) is 35.0 Å². The van der Waals surface area contributed by atoms with E-state index in [9.17, 15) is 4.79 Å². The Labute approximate surface area is 59.4 Å². The van der Waals surface area contributed by atoms with Crippen LogP contribution >= 0.6 is 0 Å². The zero-order valence-electron chi connectivity index (χ0n) is 6.07. The Bertz CT molecular complexity index is 110. The molecule has 0 aliphatic rings. The summed E-state index contributed by atoms with van der Waals surface area (Å²) in [5.74, 6) is -1.13. The van der Waals surface area contributed by atoms with Crippen LogP contribution in [-0.2, 0) is 9.53 Å². The average Bonchev–Trinajstić information content (AvgIpc) is 1.81. The second-order valence-electron chi connectivity index (χ2n) is 2.19. The van der Waals surface area contributed by atoms with Crippen molar-refractivity contribution in [3.63, 3.8) is 0 Å². The van der Waals surface area contributed by atoms with Gasteiger partial charge in [-0.15, -0.1) is 0 Å². The van der Waals surface area contributed by atoms with Gasteiger partial charge in [0.1, 0.15) is 0 Å². The van der Waals surface area contributed by atoms with Crippen molar-refractivity contribution >= 4 is 5.97 Å². The van der Waals surface area contributed by atoms with Gasteiger partial charge in [-0.3, -0.25) is 0 Å². The summed E-state index contributed by atoms with van der Waals surface area (Å²) in [5.41, 5.74) is 0. The topological polar surface area (TPSA) is 66.8 Å². The number of aliphatic hydroxyl groups excluding tert-OH is 1. The van der Waals surface area contributed by atoms with Crippen LogP contribution in [0.15, 0.2) is 0 Å². The van der Waals surface area contributed by atoms with Crippen LogP contribution in [0, 0.1) is 0 Å². The van der Waals surface area contributed by atoms with Crippen LogP contribution in [0.3, 0.4) is 0 Å². The van der Waals surface area contributed by atoms with E-state index < -0.39 is 18.7 Å². The normalized spacial score (nSPS) is 13.6. The van der Waals surface area contributed by atoms with E-state index in [0.717, 1.165) is 0 Å². The lowest BCUT2D eigenvalue weighted by molar-refractivity contribution is -0.156. The van der Waals surface area contributed by atoms with Crippen molar-refractivity contribution in [1.82, 2.24) is 0 Å². The number of hydrogen-bond acceptors (Lipinski definition) is 3. The Balaban J connectivity index is 3.72. The highest BCUT2D eigenvalue weighted by molar-refractivity contribution is 5.72. The minimum absolute atomic E-state index is 0.173. The maximum Gasteiger partial charge on any atom is 0.335 e. The molecule has 0 amide bonds. The highest BCUT2D eigenvalue weighted by Crippen LogP contribution is 1.96. The molecular formula is C6H12O4. The molecule has 1 unspecified atom stereocenters. The molecule has 0 aliphatic heterocycles. The van der Waals surface area contributed by atoms with E-state index in [1.165, 1.54) is 0 Å². The van der Waals surface area contributed by atoms with Crippen LogP contribution in [0.1, 0.15) is 13.8 Å². The molecule has 10 heavy (non-hydrogen) atoms. The van der Waals surface area contributed by atoms with Gasteiger partial charge in [-0.05, 0) is 13.8 Å². The molecule has 4 heteroatoms. The van der Waals surface area contributed by atoms with Crippen LogP contribution in [0.2, 0.25) is 0 Å². The second-order valence-corrected chi connectivity index (χ2v) is 2.19. The third kappa shape index (κ3) is 3.42. The molecule has 60 valence electrons. The summed E-state index contributed by atoms with van der Waals surface area (Å²) in [5, 5.41) is 16.8. The van der Waals surface area contributed by atoms with Crippen LogP contribution in [0.4, 0.5) is 0 Å². The minimum Gasteiger partial charge on any atom is -0.479 e. The van der Waals surface area contributed by atoms with Gasteiger partial charge in [0.2, 0.25) is 0 Å². The lowest BCUT2D eigenvalue weighted by Gasteiger charge is -2.12. The molecule has 0 saturated carbocycles. The molecule has 0 aromatic heterocycles. The first kappa shape index (κ1) is 9.39. The third-order valence-electron chi connectivity index (χ3n) is 0.878. The molecule has 0 radical (unpaired) electrons. The van der Waals surface area contributed by atoms with Crippen molar-refractivity contribution in [2.75, 3.05) is 6.61 Å². The predicted octanol–water partition coefficient (Wildman–Crippen LogP) is -0.143. The maximum absolute atomic E-state index is 10.2. The third-order valence-corrected chi connectivity index (χ3v) is 0.878. The van der Waals surface area contributed by atoms with E-state index in [1.807, 2.05) is 0 Å². The van der Waals surface area contributed by atoms with Crippen molar-refractivity contribution in [3.8, 4) is 0 Å². The van der Waals surface area contributed by atoms with Gasteiger partial charge >= 0.3 is 5.97 Å². The largest absolute Gasteiger partial charge is 0.479 e. The molecule has 0 aliphatic carbocycles. The van der Waals surface area contributed by atoms with Crippen molar-refractivity contribution in [3.05, 3.63) is 0 Å². The van der Waals surface area contributed by atoms with Gasteiger partial charge in [0.05, 0.1) is 12.7 Å². The highest BCUT2D eigenvalue weighted by atomic mass is 16.5. The predicted molar refractivity (Wildman–Crippen MR) is 34.7 cm³/mol. The summed E-state index contributed by atoms with van der Waals surface area (Å²) in [7, 11) is 0. The van der Waals surface area contributed by atoms with E-state index >= 15 is 0 Å². The van der Waals surface area contributed by atoms with Gasteiger partial charge < -0.3 is 14.9 Å². The van der Waals surface area contributed by atoms with E-state index in [2.05, 4.69) is 0 Å². The lowest BCUT2D eigenvalue weighted by atomic mass is 10.3. The van der Waals surface area contributed by atoms with Crippen molar-refractivity contribution in [2.45, 2.75) is 26.1 Å². The molecule has 0 fully saturated rings. The molecule has 0 rings (SSSR count). The zero-order chi connectivity index (χ0) is 8.15. The van der Waals surface area contributed by atoms with Gasteiger partial charge in [-0.2, -0.15) is 0 Å². The molecular weight excluding hydrogens is 136 g/mol. The van der Waals surface area contributed by atoms with Gasteiger partial charge in [-0.1, -0.05) is 0 Å². The molecule has 1 atom stereocenters. The summed E-state index contributed by atoms with van der Waals surface area (Å²) >= 11 is 0. The Morgan fingerprint density at radius 3 is 2.20 bits per heavy atom. The average molecular weight is 148 g/mol. The highest BCUT2D eigenvalue weighted by Gasteiger charge is 2.17. The minimum atomic E-state index is -1.13. The van der Waals surface area contributed by atoms with Crippen LogP contribution in [0.5, 0.6) is 0 Å². The molecule has 0 aromatic carbocycles. The number of hydrogen-bond donors (Lipinski definition) is 2. The fourth-order valence-corrected chi connectivity index (χ4v) is 0.508. The summed E-state index contributed by atoms with van der Waals surface area (Å²) in [6.45, 7) is 2.95. The van der Waals surface area contributed by atoms with Gasteiger partial charge in [0, 0.05) is 0 Å². The van der Waals surface area contributed by atoms with Crippen molar-refractivity contribution < 1.29 is 19.7 Å². The number of rotatable bonds is 4. The quantitative estimate of drug-likeness (QED) is 0.582.